The molecule has 1 aromatic carbocycles. The minimum atomic E-state index is -0.297. The second kappa shape index (κ2) is 7.03. The maximum Gasteiger partial charge on any atom is 0.328 e. The van der Waals surface area contributed by atoms with Gasteiger partial charge in [-0.15, -0.1) is 0 Å². The number of anilines is 2. The molecule has 8 heteroatoms. The summed E-state index contributed by atoms with van der Waals surface area (Å²) in [4.78, 5) is 23.0. The molecule has 0 saturated carbocycles. The highest BCUT2D eigenvalue weighted by Gasteiger charge is 2.19. The number of β-amino-alcohol motifs (C(OH)–C–C–N with tert-alkyl or cyclic N) is 1. The number of aliphatic hydroxyl groups is 1. The van der Waals surface area contributed by atoms with Crippen LogP contribution in [0.25, 0.3) is 11.0 Å². The van der Waals surface area contributed by atoms with E-state index in [1.54, 1.807) is 29.4 Å². The number of aryl methyl sites for hydroxylation is 2. The second-order valence-corrected chi connectivity index (χ2v) is 7.06. The zero-order valence-corrected chi connectivity index (χ0v) is 15.6. The quantitative estimate of drug-likeness (QED) is 0.720. The fourth-order valence-corrected chi connectivity index (χ4v) is 3.62. The van der Waals surface area contributed by atoms with Crippen LogP contribution in [0, 0.1) is 0 Å². The van der Waals surface area contributed by atoms with E-state index in [0.29, 0.717) is 19.0 Å². The van der Waals surface area contributed by atoms with Gasteiger partial charge < -0.3 is 15.3 Å². The van der Waals surface area contributed by atoms with Crippen LogP contribution < -0.4 is 15.9 Å². The molecule has 2 aromatic heterocycles. The lowest BCUT2D eigenvalue weighted by Crippen LogP contribution is -2.38. The molecule has 3 aromatic rings. The number of rotatable bonds is 4. The second-order valence-electron chi connectivity index (χ2n) is 7.06. The predicted octanol–water partition coefficient (Wildman–Crippen LogP) is 1.24. The first-order chi connectivity index (χ1) is 13.0. The van der Waals surface area contributed by atoms with Gasteiger partial charge in [-0.3, -0.25) is 9.13 Å². The minimum absolute atomic E-state index is 0.0325. The standard InChI is InChI=1S/C19H24N6O2/c1-23-15-6-5-13(10-16(15)24(2)19(23)27)11-21-18-20-8-7-17(22-18)25-9-3-4-14(26)12-25/h5-8,10,14,26H,3-4,9,11-12H2,1-2H3,(H,20,21,22). The summed E-state index contributed by atoms with van der Waals surface area (Å²) in [6, 6.07) is 7.84. The molecule has 1 saturated heterocycles. The molecular formula is C19H24N6O2. The summed E-state index contributed by atoms with van der Waals surface area (Å²) in [7, 11) is 3.56. The van der Waals surface area contributed by atoms with Crippen molar-refractivity contribution in [3.63, 3.8) is 0 Å². The highest BCUT2D eigenvalue weighted by Crippen LogP contribution is 2.19. The summed E-state index contributed by atoms with van der Waals surface area (Å²) in [5.74, 6) is 1.38. The SMILES string of the molecule is Cn1c(=O)n(C)c2cc(CNc3nccc(N4CCCC(O)C4)n3)ccc21. The number of hydrogen-bond acceptors (Lipinski definition) is 6. The van der Waals surface area contributed by atoms with Gasteiger partial charge in [0.25, 0.3) is 0 Å². The molecule has 0 radical (unpaired) electrons. The lowest BCUT2D eigenvalue weighted by atomic mass is 10.1. The largest absolute Gasteiger partial charge is 0.391 e. The van der Waals surface area contributed by atoms with E-state index >= 15 is 0 Å². The van der Waals surface area contributed by atoms with Crippen molar-refractivity contribution in [1.82, 2.24) is 19.1 Å². The van der Waals surface area contributed by atoms with Crippen molar-refractivity contribution in [2.75, 3.05) is 23.3 Å². The van der Waals surface area contributed by atoms with E-state index in [9.17, 15) is 9.90 Å². The highest BCUT2D eigenvalue weighted by atomic mass is 16.3. The number of aliphatic hydroxyl groups excluding tert-OH is 1. The molecular weight excluding hydrogens is 344 g/mol. The van der Waals surface area contributed by atoms with Gasteiger partial charge in [0.05, 0.1) is 17.1 Å². The summed E-state index contributed by atoms with van der Waals surface area (Å²) in [6.07, 6.45) is 3.24. The van der Waals surface area contributed by atoms with Gasteiger partial charge in [-0.05, 0) is 36.6 Å². The van der Waals surface area contributed by atoms with E-state index in [-0.39, 0.29) is 11.8 Å². The van der Waals surface area contributed by atoms with Gasteiger partial charge in [-0.2, -0.15) is 4.98 Å². The number of hydrogen-bond donors (Lipinski definition) is 2. The van der Waals surface area contributed by atoms with Gasteiger partial charge in [0.2, 0.25) is 5.95 Å². The molecule has 1 fully saturated rings. The molecule has 0 aliphatic carbocycles. The predicted molar refractivity (Wildman–Crippen MR) is 105 cm³/mol. The molecule has 1 aliphatic rings. The van der Waals surface area contributed by atoms with Crippen LogP contribution in [0.4, 0.5) is 11.8 Å². The Bertz CT molecular complexity index is 1020. The topological polar surface area (TPSA) is 88.2 Å². The summed E-state index contributed by atoms with van der Waals surface area (Å²) in [5, 5.41) is 13.1. The zero-order valence-electron chi connectivity index (χ0n) is 15.6. The van der Waals surface area contributed by atoms with Crippen molar-refractivity contribution >= 4 is 22.8 Å². The van der Waals surface area contributed by atoms with Crippen molar-refractivity contribution in [2.45, 2.75) is 25.5 Å². The Balaban J connectivity index is 1.50. The minimum Gasteiger partial charge on any atom is -0.391 e. The fraction of sp³-hybridized carbons (Fsp3) is 0.421. The first kappa shape index (κ1) is 17.5. The van der Waals surface area contributed by atoms with Crippen molar-refractivity contribution in [3.8, 4) is 0 Å². The van der Waals surface area contributed by atoms with Crippen LogP contribution >= 0.6 is 0 Å². The normalized spacial score (nSPS) is 17.4. The average Bonchev–Trinajstić information content (AvgIpc) is 2.90. The van der Waals surface area contributed by atoms with Gasteiger partial charge in [-0.25, -0.2) is 9.78 Å². The number of benzene rings is 1. The number of fused-ring (bicyclic) bond motifs is 1. The van der Waals surface area contributed by atoms with Crippen molar-refractivity contribution in [3.05, 3.63) is 46.5 Å². The molecule has 0 amide bonds. The third-order valence-electron chi connectivity index (χ3n) is 5.15. The lowest BCUT2D eigenvalue weighted by molar-refractivity contribution is 0.154. The smallest absolute Gasteiger partial charge is 0.328 e. The Labute approximate surface area is 157 Å². The van der Waals surface area contributed by atoms with E-state index < -0.39 is 0 Å². The molecule has 0 bridgehead atoms. The van der Waals surface area contributed by atoms with Crippen LogP contribution in [-0.4, -0.2) is 43.4 Å². The van der Waals surface area contributed by atoms with Gasteiger partial charge in [0, 0.05) is 39.9 Å². The molecule has 27 heavy (non-hydrogen) atoms. The number of nitrogens with one attached hydrogen (secondary N) is 1. The number of nitrogens with zero attached hydrogens (tertiary/aromatic N) is 5. The molecule has 142 valence electrons. The first-order valence-corrected chi connectivity index (χ1v) is 9.17. The highest BCUT2D eigenvalue weighted by molar-refractivity contribution is 5.76. The maximum atomic E-state index is 12.1. The Hall–Kier alpha value is -2.87. The lowest BCUT2D eigenvalue weighted by Gasteiger charge is -2.31. The van der Waals surface area contributed by atoms with Crippen LogP contribution in [0.15, 0.2) is 35.3 Å². The third kappa shape index (κ3) is 3.40. The van der Waals surface area contributed by atoms with Crippen molar-refractivity contribution in [1.29, 1.82) is 0 Å². The fourth-order valence-electron chi connectivity index (χ4n) is 3.62. The Morgan fingerprint density at radius 1 is 1.22 bits per heavy atom. The molecule has 1 unspecified atom stereocenters. The van der Waals surface area contributed by atoms with Crippen LogP contribution in [0.1, 0.15) is 18.4 Å². The molecule has 4 rings (SSSR count). The summed E-state index contributed by atoms with van der Waals surface area (Å²) < 4.78 is 3.30. The molecule has 8 nitrogen and oxygen atoms in total. The number of piperidine rings is 1. The van der Waals surface area contributed by atoms with E-state index in [1.165, 1.54) is 0 Å². The Morgan fingerprint density at radius 3 is 2.85 bits per heavy atom. The van der Waals surface area contributed by atoms with E-state index in [0.717, 1.165) is 41.8 Å². The van der Waals surface area contributed by atoms with Gasteiger partial charge in [0.15, 0.2) is 0 Å². The van der Waals surface area contributed by atoms with E-state index in [4.69, 9.17) is 0 Å². The summed E-state index contributed by atoms with van der Waals surface area (Å²) >= 11 is 0. The summed E-state index contributed by atoms with van der Waals surface area (Å²) in [5.41, 5.74) is 2.83. The Morgan fingerprint density at radius 2 is 2.04 bits per heavy atom. The van der Waals surface area contributed by atoms with E-state index in [1.807, 2.05) is 24.3 Å². The van der Waals surface area contributed by atoms with Crippen molar-refractivity contribution in [2.24, 2.45) is 14.1 Å². The molecule has 1 atom stereocenters. The number of aromatic nitrogens is 4. The number of imidazole rings is 1. The Kier molecular flexibility index (Phi) is 4.57. The molecule has 1 aliphatic heterocycles. The molecule has 2 N–H and O–H groups in total. The molecule has 3 heterocycles. The maximum absolute atomic E-state index is 12.1. The molecule has 0 spiro atoms. The van der Waals surface area contributed by atoms with Gasteiger partial charge in [-0.1, -0.05) is 6.07 Å². The first-order valence-electron chi connectivity index (χ1n) is 9.17. The van der Waals surface area contributed by atoms with Gasteiger partial charge >= 0.3 is 5.69 Å². The summed E-state index contributed by atoms with van der Waals surface area (Å²) in [6.45, 7) is 2.06. The van der Waals surface area contributed by atoms with Crippen LogP contribution in [0.5, 0.6) is 0 Å². The van der Waals surface area contributed by atoms with Gasteiger partial charge in [0.1, 0.15) is 5.82 Å². The monoisotopic (exact) mass is 368 g/mol. The third-order valence-corrected chi connectivity index (χ3v) is 5.15. The average molecular weight is 368 g/mol. The van der Waals surface area contributed by atoms with Crippen LogP contribution in [0.3, 0.4) is 0 Å². The van der Waals surface area contributed by atoms with Crippen molar-refractivity contribution < 1.29 is 5.11 Å². The van der Waals surface area contributed by atoms with E-state index in [2.05, 4.69) is 20.2 Å². The zero-order chi connectivity index (χ0) is 19.0. The van der Waals surface area contributed by atoms with Crippen LogP contribution in [-0.2, 0) is 20.6 Å². The van der Waals surface area contributed by atoms with Crippen LogP contribution in [0.2, 0.25) is 0 Å².